The number of rotatable bonds is 10. The van der Waals surface area contributed by atoms with Crippen LogP contribution < -0.4 is 10.6 Å². The molecular formula is C20H30N2O5. The van der Waals surface area contributed by atoms with Gasteiger partial charge in [0.05, 0.1) is 7.11 Å². The van der Waals surface area contributed by atoms with Crippen molar-refractivity contribution in [1.29, 1.82) is 0 Å². The van der Waals surface area contributed by atoms with Gasteiger partial charge in [-0.1, -0.05) is 63.9 Å². The lowest BCUT2D eigenvalue weighted by molar-refractivity contribution is -0.145. The number of alkyl carbamates (subject to hydrolysis) is 1. The molecule has 2 N–H and O–H groups in total. The van der Waals surface area contributed by atoms with Gasteiger partial charge in [0.1, 0.15) is 18.7 Å². The zero-order chi connectivity index (χ0) is 20.2. The van der Waals surface area contributed by atoms with Crippen LogP contribution in [0.3, 0.4) is 0 Å². The molecule has 0 aromatic heterocycles. The van der Waals surface area contributed by atoms with Crippen LogP contribution in [0.4, 0.5) is 4.79 Å². The molecule has 0 bridgehead atoms. The molecule has 27 heavy (non-hydrogen) atoms. The third kappa shape index (κ3) is 7.68. The maximum atomic E-state index is 12.7. The Morgan fingerprint density at radius 2 is 1.74 bits per heavy atom. The van der Waals surface area contributed by atoms with Gasteiger partial charge in [-0.25, -0.2) is 9.59 Å². The average Bonchev–Trinajstić information content (AvgIpc) is 2.69. The first-order chi connectivity index (χ1) is 12.9. The number of methoxy groups -OCH3 is 1. The largest absolute Gasteiger partial charge is 0.467 e. The summed E-state index contributed by atoms with van der Waals surface area (Å²) < 4.78 is 9.94. The molecule has 0 radical (unpaired) electrons. The molecule has 3 atom stereocenters. The zero-order valence-electron chi connectivity index (χ0n) is 16.5. The van der Waals surface area contributed by atoms with Crippen LogP contribution in [0.25, 0.3) is 0 Å². The molecule has 0 fully saturated rings. The number of nitrogens with one attached hydrogen (secondary N) is 2. The molecule has 1 aromatic carbocycles. The van der Waals surface area contributed by atoms with E-state index in [1.807, 2.05) is 51.1 Å². The first kappa shape index (κ1) is 22.5. The molecule has 0 saturated carbocycles. The zero-order valence-corrected chi connectivity index (χ0v) is 16.5. The number of ether oxygens (including phenoxy) is 2. The van der Waals surface area contributed by atoms with Crippen LogP contribution in [0.15, 0.2) is 30.3 Å². The van der Waals surface area contributed by atoms with Crippen molar-refractivity contribution < 1.29 is 23.9 Å². The Labute approximate surface area is 160 Å². The summed E-state index contributed by atoms with van der Waals surface area (Å²) >= 11 is 0. The topological polar surface area (TPSA) is 93.7 Å². The Hall–Kier alpha value is -2.57. The number of benzene rings is 1. The predicted octanol–water partition coefficient (Wildman–Crippen LogP) is 2.79. The van der Waals surface area contributed by atoms with Gasteiger partial charge in [-0.05, 0) is 17.9 Å². The van der Waals surface area contributed by atoms with E-state index >= 15 is 0 Å². The highest BCUT2D eigenvalue weighted by Gasteiger charge is 2.30. The van der Waals surface area contributed by atoms with E-state index in [0.29, 0.717) is 19.3 Å². The molecule has 7 heteroatoms. The minimum Gasteiger partial charge on any atom is -0.467 e. The number of esters is 1. The minimum absolute atomic E-state index is 0.113. The lowest BCUT2D eigenvalue weighted by Gasteiger charge is -2.25. The van der Waals surface area contributed by atoms with Crippen molar-refractivity contribution in [3.8, 4) is 0 Å². The van der Waals surface area contributed by atoms with Crippen LogP contribution in [0, 0.1) is 5.92 Å². The van der Waals surface area contributed by atoms with Gasteiger partial charge in [-0.15, -0.1) is 0 Å². The van der Waals surface area contributed by atoms with Gasteiger partial charge >= 0.3 is 12.1 Å². The number of carbonyl (C=O) groups is 3. The third-order valence-corrected chi connectivity index (χ3v) is 4.36. The van der Waals surface area contributed by atoms with Crippen molar-refractivity contribution in [2.45, 2.75) is 58.7 Å². The predicted molar refractivity (Wildman–Crippen MR) is 102 cm³/mol. The summed E-state index contributed by atoms with van der Waals surface area (Å²) in [6.07, 6.45) is 1.17. The second kappa shape index (κ2) is 11.9. The van der Waals surface area contributed by atoms with Crippen molar-refractivity contribution in [1.82, 2.24) is 10.6 Å². The van der Waals surface area contributed by atoms with Gasteiger partial charge in [-0.2, -0.15) is 0 Å². The smallest absolute Gasteiger partial charge is 0.408 e. The fraction of sp³-hybridized carbons (Fsp3) is 0.550. The summed E-state index contributed by atoms with van der Waals surface area (Å²) in [5.41, 5.74) is 0.853. The average molecular weight is 378 g/mol. The highest BCUT2D eigenvalue weighted by molar-refractivity contribution is 5.89. The molecule has 0 aliphatic heterocycles. The second-order valence-corrected chi connectivity index (χ2v) is 6.44. The molecular weight excluding hydrogens is 348 g/mol. The second-order valence-electron chi connectivity index (χ2n) is 6.44. The van der Waals surface area contributed by atoms with Crippen molar-refractivity contribution in [3.63, 3.8) is 0 Å². The van der Waals surface area contributed by atoms with Crippen LogP contribution in [-0.2, 0) is 25.7 Å². The Bertz CT molecular complexity index is 606. The van der Waals surface area contributed by atoms with E-state index < -0.39 is 30.1 Å². The molecule has 0 spiro atoms. The van der Waals surface area contributed by atoms with E-state index in [2.05, 4.69) is 10.6 Å². The SMILES string of the molecule is CCC[C@H](NC(=O)[C@@H](NC(=O)OCc1ccccc1)[C@H](C)CC)C(=O)OC. The van der Waals surface area contributed by atoms with E-state index in [4.69, 9.17) is 9.47 Å². The number of amides is 2. The Morgan fingerprint density at radius 3 is 2.30 bits per heavy atom. The molecule has 0 heterocycles. The number of carbonyl (C=O) groups excluding carboxylic acids is 3. The van der Waals surface area contributed by atoms with Gasteiger partial charge in [-0.3, -0.25) is 4.79 Å². The van der Waals surface area contributed by atoms with Gasteiger partial charge in [0.15, 0.2) is 0 Å². The summed E-state index contributed by atoms with van der Waals surface area (Å²) in [4.78, 5) is 36.6. The standard InChI is InChI=1S/C20H30N2O5/c1-5-10-16(19(24)26-4)21-18(23)17(14(3)6-2)22-20(25)27-13-15-11-8-7-9-12-15/h7-9,11-12,14,16-17H,5-6,10,13H2,1-4H3,(H,21,23)(H,22,25)/t14-,16+,17+/m1/s1. The van der Waals surface area contributed by atoms with Crippen molar-refractivity contribution in [3.05, 3.63) is 35.9 Å². The van der Waals surface area contributed by atoms with Crippen molar-refractivity contribution in [2.24, 2.45) is 5.92 Å². The molecule has 0 unspecified atom stereocenters. The molecule has 1 rings (SSSR count). The molecule has 0 aliphatic carbocycles. The first-order valence-electron chi connectivity index (χ1n) is 9.28. The minimum atomic E-state index is -0.803. The van der Waals surface area contributed by atoms with Crippen LogP contribution in [0.2, 0.25) is 0 Å². The monoisotopic (exact) mass is 378 g/mol. The lowest BCUT2D eigenvalue weighted by atomic mass is 9.98. The lowest BCUT2D eigenvalue weighted by Crippen LogP contribution is -2.54. The van der Waals surface area contributed by atoms with E-state index in [1.54, 1.807) is 0 Å². The molecule has 0 aliphatic rings. The maximum absolute atomic E-state index is 12.7. The normalized spacial score (nSPS) is 13.8. The van der Waals surface area contributed by atoms with Crippen molar-refractivity contribution in [2.75, 3.05) is 7.11 Å². The molecule has 1 aromatic rings. The van der Waals surface area contributed by atoms with E-state index in [-0.39, 0.29) is 12.5 Å². The Kier molecular flexibility index (Phi) is 9.93. The quantitative estimate of drug-likeness (QED) is 0.611. The summed E-state index contributed by atoms with van der Waals surface area (Å²) in [5, 5.41) is 5.30. The molecule has 2 amide bonds. The summed E-state index contributed by atoms with van der Waals surface area (Å²) in [5.74, 6) is -1.06. The van der Waals surface area contributed by atoms with Crippen LogP contribution in [0.1, 0.15) is 45.6 Å². The van der Waals surface area contributed by atoms with Gasteiger partial charge in [0, 0.05) is 0 Å². The number of hydrogen-bond acceptors (Lipinski definition) is 5. The molecule has 0 saturated heterocycles. The van der Waals surface area contributed by atoms with Crippen LogP contribution in [0.5, 0.6) is 0 Å². The van der Waals surface area contributed by atoms with Gasteiger partial charge in [0.2, 0.25) is 5.91 Å². The highest BCUT2D eigenvalue weighted by atomic mass is 16.5. The van der Waals surface area contributed by atoms with E-state index in [0.717, 1.165) is 5.56 Å². The first-order valence-corrected chi connectivity index (χ1v) is 9.28. The summed E-state index contributed by atoms with van der Waals surface area (Å²) in [6.45, 7) is 5.80. The van der Waals surface area contributed by atoms with E-state index in [1.165, 1.54) is 7.11 Å². The van der Waals surface area contributed by atoms with E-state index in [9.17, 15) is 14.4 Å². The van der Waals surface area contributed by atoms with Gasteiger partial charge in [0.25, 0.3) is 0 Å². The third-order valence-electron chi connectivity index (χ3n) is 4.36. The Morgan fingerprint density at radius 1 is 1.07 bits per heavy atom. The summed E-state index contributed by atoms with van der Waals surface area (Å²) in [7, 11) is 1.28. The fourth-order valence-corrected chi connectivity index (χ4v) is 2.54. The molecule has 7 nitrogen and oxygen atoms in total. The molecule has 150 valence electrons. The van der Waals surface area contributed by atoms with Crippen molar-refractivity contribution >= 4 is 18.0 Å². The van der Waals surface area contributed by atoms with Crippen LogP contribution >= 0.6 is 0 Å². The highest BCUT2D eigenvalue weighted by Crippen LogP contribution is 2.10. The fourth-order valence-electron chi connectivity index (χ4n) is 2.54. The van der Waals surface area contributed by atoms with Crippen LogP contribution in [-0.4, -0.2) is 37.2 Å². The maximum Gasteiger partial charge on any atom is 0.408 e. The Balaban J connectivity index is 2.71. The van der Waals surface area contributed by atoms with Gasteiger partial charge < -0.3 is 20.1 Å². The number of hydrogen-bond donors (Lipinski definition) is 2. The summed E-state index contributed by atoms with van der Waals surface area (Å²) in [6, 6.07) is 7.74.